The first-order chi connectivity index (χ1) is 55.8. The minimum absolute atomic E-state index is 0.00124. The van der Waals surface area contributed by atoms with E-state index in [9.17, 15) is 71.1 Å². The average molecular weight is 1690 g/mol. The zero-order valence-electron chi connectivity index (χ0n) is 64.1. The van der Waals surface area contributed by atoms with Crippen LogP contribution in [0.5, 0.6) is 0 Å². The third-order valence-electron chi connectivity index (χ3n) is 16.6. The molecule has 12 rings (SSSR count). The molecule has 0 aliphatic rings. The molecule has 612 valence electrons. The number of nitrogens with zero attached hydrogens (tertiary/aromatic N) is 8. The van der Waals surface area contributed by atoms with Gasteiger partial charge in [-0.25, -0.2) is 62.3 Å². The minimum Gasteiger partial charge on any atom is -0.467 e. The van der Waals surface area contributed by atoms with E-state index < -0.39 is 94.3 Å². The number of thiazole rings is 4. The number of para-hydroxylation sites is 2. The highest BCUT2D eigenvalue weighted by Crippen LogP contribution is 2.32. The molecular weight excluding hydrogens is 1610 g/mol. The van der Waals surface area contributed by atoms with E-state index in [1.165, 1.54) is 133 Å². The largest absolute Gasteiger partial charge is 0.467 e. The predicted molar refractivity (Wildman–Crippen MR) is 417 cm³/mol. The molecule has 0 saturated carbocycles. The fraction of sp³-hybridized carbons (Fsp3) is 0.269. The number of methoxy groups -OCH3 is 6. The third kappa shape index (κ3) is 21.6. The van der Waals surface area contributed by atoms with Gasteiger partial charge in [0.15, 0.2) is 56.3 Å². The summed E-state index contributed by atoms with van der Waals surface area (Å²) >= 11 is 4.08. The van der Waals surface area contributed by atoms with Gasteiger partial charge in [-0.2, -0.15) is 0 Å². The number of fused-ring (bicyclic) bond motifs is 4. The van der Waals surface area contributed by atoms with E-state index in [2.05, 4.69) is 48.4 Å². The molecule has 33 nitrogen and oxygen atoms in total. The molecule has 8 heterocycles. The van der Waals surface area contributed by atoms with Gasteiger partial charge in [0.25, 0.3) is 0 Å². The number of esters is 8. The van der Waals surface area contributed by atoms with Crippen LogP contribution in [0.4, 0.5) is 13.6 Å². The number of rotatable bonds is 27. The Labute approximate surface area is 678 Å². The lowest BCUT2D eigenvalue weighted by molar-refractivity contribution is -0.157. The summed E-state index contributed by atoms with van der Waals surface area (Å²) in [6.45, 7) is 7.88. The topological polar surface area (TPSA) is 421 Å². The van der Waals surface area contributed by atoms with Crippen LogP contribution < -0.4 is 5.73 Å². The quantitative estimate of drug-likeness (QED) is 0.0216. The summed E-state index contributed by atoms with van der Waals surface area (Å²) in [5.74, 6) is -7.30. The Kier molecular flexibility index (Phi) is 30.1. The van der Waals surface area contributed by atoms with E-state index in [1.54, 1.807) is 69.6 Å². The van der Waals surface area contributed by atoms with E-state index in [0.717, 1.165) is 56.3 Å². The second kappa shape index (κ2) is 40.0. The lowest BCUT2D eigenvalue weighted by atomic mass is 9.98. The van der Waals surface area contributed by atoms with Crippen LogP contribution in [0.3, 0.4) is 0 Å². The molecule has 4 aromatic carbocycles. The van der Waals surface area contributed by atoms with Gasteiger partial charge in [-0.15, -0.1) is 45.3 Å². The summed E-state index contributed by atoms with van der Waals surface area (Å²) in [5, 5.41) is 8.42. The lowest BCUT2D eigenvalue weighted by Gasteiger charge is -2.17. The van der Waals surface area contributed by atoms with Crippen molar-refractivity contribution >= 4 is 166 Å². The van der Waals surface area contributed by atoms with Crippen molar-refractivity contribution < 1.29 is 123 Å². The van der Waals surface area contributed by atoms with Crippen molar-refractivity contribution in [3.63, 3.8) is 0 Å². The van der Waals surface area contributed by atoms with Crippen molar-refractivity contribution in [3.05, 3.63) is 208 Å². The summed E-state index contributed by atoms with van der Waals surface area (Å²) in [6.07, 6.45) is 5.24. The summed E-state index contributed by atoms with van der Waals surface area (Å²) in [4.78, 5) is 173. The summed E-state index contributed by atoms with van der Waals surface area (Å²) in [7, 11) is 7.45. The van der Waals surface area contributed by atoms with Gasteiger partial charge in [0.1, 0.15) is 44.2 Å². The van der Waals surface area contributed by atoms with Crippen LogP contribution in [0.2, 0.25) is 0 Å². The zero-order chi connectivity index (χ0) is 85.1. The number of halogens is 2. The third-order valence-corrected chi connectivity index (χ3v) is 20.0. The molecule has 2 N–H and O–H groups in total. The van der Waals surface area contributed by atoms with Crippen LogP contribution in [0.15, 0.2) is 131 Å². The number of carbonyl (C=O) groups excluding carboxylic acids is 13. The molecule has 0 spiro atoms. The van der Waals surface area contributed by atoms with Crippen LogP contribution in [-0.2, 0) is 91.5 Å². The van der Waals surface area contributed by atoms with Gasteiger partial charge in [0.05, 0.1) is 99.0 Å². The number of hydrogen-bond acceptors (Lipinski definition) is 33. The fourth-order valence-corrected chi connectivity index (χ4v) is 13.5. The van der Waals surface area contributed by atoms with Gasteiger partial charge in [-0.3, -0.25) is 33.3 Å². The van der Waals surface area contributed by atoms with Crippen molar-refractivity contribution in [1.82, 2.24) is 38.2 Å². The van der Waals surface area contributed by atoms with Crippen molar-refractivity contribution in [2.45, 2.75) is 60.9 Å². The van der Waals surface area contributed by atoms with Gasteiger partial charge >= 0.3 is 53.8 Å². The molecule has 0 bridgehead atoms. The van der Waals surface area contributed by atoms with Crippen LogP contribution in [-0.4, -0.2) is 190 Å². The van der Waals surface area contributed by atoms with E-state index in [-0.39, 0.29) is 118 Å². The number of ketones is 4. The Morgan fingerprint density at radius 2 is 0.786 bits per heavy atom. The molecule has 0 radical (unpaired) electrons. The Morgan fingerprint density at radius 3 is 1.18 bits per heavy atom. The molecular formula is C78H73F2N9O24S4. The summed E-state index contributed by atoms with van der Waals surface area (Å²) < 4.78 is 87.0. The molecule has 1 unspecified atom stereocenters. The van der Waals surface area contributed by atoms with Crippen molar-refractivity contribution in [2.24, 2.45) is 17.1 Å². The first-order valence-electron chi connectivity index (χ1n) is 34.5. The van der Waals surface area contributed by atoms with Gasteiger partial charge in [-0.05, 0) is 75.2 Å². The molecule has 1 atom stereocenters. The molecule has 12 aromatic rings. The van der Waals surface area contributed by atoms with Crippen LogP contribution in [0.1, 0.15) is 138 Å². The molecule has 39 heteroatoms. The number of hydrogen-bond donors (Lipinski definition) is 1. The summed E-state index contributed by atoms with van der Waals surface area (Å²) in [5.41, 5.74) is 8.46. The minimum atomic E-state index is -0.795. The maximum atomic E-state index is 13.8. The normalized spacial score (nSPS) is 11.3. The number of benzene rings is 4. The van der Waals surface area contributed by atoms with Gasteiger partial charge in [0.2, 0.25) is 23.1 Å². The SMILES string of the molecule is COC(=O)COCCOC(=O)n1cc(C(=O)c2nc(C(=O)OC)cs2)c2ccccc21.COC(=O)COCn1cc(C(=O)c2nc(C(=O)OC)cs2)c2ccccc21.COC(=O)c1csc(C(=O)c2cn(COC(=O)C(C)(C)C)c3cc(F)ccc23)n1.COC(=O)c1csc(C(=O)c2cn(COC(=O)C(N)C(C)C)c3cc(F)ccc23)n1. The van der Waals surface area contributed by atoms with Crippen molar-refractivity contribution in [1.29, 1.82) is 0 Å². The molecule has 8 aromatic heterocycles. The maximum absolute atomic E-state index is 13.8. The number of carbonyl (C=O) groups is 13. The van der Waals surface area contributed by atoms with Crippen LogP contribution >= 0.6 is 45.3 Å². The Balaban J connectivity index is 0.000000178. The zero-order valence-corrected chi connectivity index (χ0v) is 67.4. The van der Waals surface area contributed by atoms with E-state index in [0.29, 0.717) is 38.3 Å². The monoisotopic (exact) mass is 1690 g/mol. The Hall–Kier alpha value is -12.8. The molecule has 117 heavy (non-hydrogen) atoms. The smallest absolute Gasteiger partial charge is 0.418 e. The molecule has 0 aliphatic carbocycles. The second-order valence-electron chi connectivity index (χ2n) is 25.7. The van der Waals surface area contributed by atoms with E-state index >= 15 is 0 Å². The van der Waals surface area contributed by atoms with Crippen LogP contribution in [0, 0.1) is 23.0 Å². The number of ether oxygens (including phenoxy) is 11. The highest BCUT2D eigenvalue weighted by Gasteiger charge is 2.30. The first kappa shape index (κ1) is 88.2. The maximum Gasteiger partial charge on any atom is 0.418 e. The lowest BCUT2D eigenvalue weighted by Crippen LogP contribution is -2.37. The van der Waals surface area contributed by atoms with Gasteiger partial charge in [0, 0.05) is 67.9 Å². The molecule has 0 amide bonds. The fourth-order valence-electron chi connectivity index (χ4n) is 10.5. The summed E-state index contributed by atoms with van der Waals surface area (Å²) in [6, 6.07) is 21.3. The molecule has 0 fully saturated rings. The van der Waals surface area contributed by atoms with Crippen LogP contribution in [0.25, 0.3) is 43.6 Å². The van der Waals surface area contributed by atoms with E-state index in [1.807, 2.05) is 24.3 Å². The number of aromatic nitrogens is 8. The van der Waals surface area contributed by atoms with E-state index in [4.69, 9.17) is 29.4 Å². The van der Waals surface area contributed by atoms with Gasteiger partial charge in [-0.1, -0.05) is 50.2 Å². The average Bonchev–Trinajstić information content (AvgIpc) is 1.65. The number of nitrogens with two attached hydrogens (primary N) is 1. The highest BCUT2D eigenvalue weighted by molar-refractivity contribution is 7.13. The standard InChI is InChI=1S/C20H20FN3O5S.C20H19FN2O5S.C20H18N2O8S.C18H16N2O6S/c1-10(2)16(22)20(27)29-9-24-7-13(12-5-4-11(21)6-15(12)24)17(25)18-23-14(8-30-18)19(26)28-3;1-20(2,3)19(26)28-10-23-8-13(12-6-5-11(21)7-15(12)23)16(24)17-22-14(9-29-17)18(25)27-4;1-27-16(23)10-29-7-8-30-20(26)22-9-13(12-5-3-4-6-15(12)22)17(24)18-21-14(11-31-18)19(25)28-2;1-24-15(21)8-26-10-20-7-12(11-5-3-4-6-14(11)20)16(22)17-19-13(9-27-17)18(23)25-2/h4-8,10,16H,9,22H2,1-3H3;5-9H,10H2,1-4H3;3-6,9,11H,7-8,10H2,1-2H3;3-7,9H,8,10H2,1-2H3. The highest BCUT2D eigenvalue weighted by atomic mass is 32.1. The van der Waals surface area contributed by atoms with Gasteiger partial charge < -0.3 is 71.5 Å². The van der Waals surface area contributed by atoms with Crippen molar-refractivity contribution in [3.8, 4) is 0 Å². The Morgan fingerprint density at radius 1 is 0.427 bits per heavy atom. The second-order valence-corrected chi connectivity index (χ2v) is 29.1. The Bertz CT molecular complexity index is 5760. The first-order valence-corrected chi connectivity index (χ1v) is 38.0. The molecule has 0 saturated heterocycles. The van der Waals surface area contributed by atoms with Crippen molar-refractivity contribution in [2.75, 3.05) is 69.1 Å². The predicted octanol–water partition coefficient (Wildman–Crippen LogP) is 11.1. The molecule has 0 aliphatic heterocycles.